The minimum atomic E-state index is -0.190. The molecule has 96 valence electrons. The van der Waals surface area contributed by atoms with Crippen molar-refractivity contribution in [3.63, 3.8) is 0 Å². The molecule has 0 aromatic carbocycles. The highest BCUT2D eigenvalue weighted by molar-refractivity contribution is 5.29. The van der Waals surface area contributed by atoms with Crippen LogP contribution in [0.25, 0.3) is 0 Å². The average Bonchev–Trinajstić information content (AvgIpc) is 2.33. The van der Waals surface area contributed by atoms with E-state index in [9.17, 15) is 10.2 Å². The van der Waals surface area contributed by atoms with Crippen LogP contribution in [0.2, 0.25) is 0 Å². The Balaban J connectivity index is 2.26. The number of rotatable bonds is 2. The van der Waals surface area contributed by atoms with Crippen LogP contribution < -0.4 is 0 Å². The first kappa shape index (κ1) is 12.8. The molecule has 0 heterocycles. The molecule has 0 saturated heterocycles. The molecule has 0 aromatic heterocycles. The molecule has 0 aliphatic heterocycles. The van der Waals surface area contributed by atoms with Crippen molar-refractivity contribution in [2.45, 2.75) is 52.1 Å². The van der Waals surface area contributed by atoms with Gasteiger partial charge in [0, 0.05) is 5.41 Å². The van der Waals surface area contributed by atoms with Gasteiger partial charge in [-0.1, -0.05) is 24.6 Å². The zero-order valence-corrected chi connectivity index (χ0v) is 11.0. The number of hydrogen-bond acceptors (Lipinski definition) is 2. The van der Waals surface area contributed by atoms with Crippen LogP contribution in [0.1, 0.15) is 46.0 Å². The van der Waals surface area contributed by atoms with Crippen molar-refractivity contribution in [1.29, 1.82) is 0 Å². The molecule has 2 aliphatic rings. The number of hydrogen-bond donors (Lipinski definition) is 2. The van der Waals surface area contributed by atoms with Crippen LogP contribution in [0.3, 0.4) is 0 Å². The standard InChI is InChI=1S/C15H24O2/c1-10-4-5-14(17)15(3)7-6-12(8-13(10)15)11(2)9-16/h12,14,16-17H,2,4-9H2,1,3H3/t12?,14-,15-/m1/s1. The Morgan fingerprint density at radius 1 is 1.47 bits per heavy atom. The maximum Gasteiger partial charge on any atom is 0.0641 e. The average molecular weight is 236 g/mol. The van der Waals surface area contributed by atoms with Crippen molar-refractivity contribution >= 4 is 0 Å². The topological polar surface area (TPSA) is 40.5 Å². The smallest absolute Gasteiger partial charge is 0.0641 e. The molecule has 3 atom stereocenters. The van der Waals surface area contributed by atoms with Gasteiger partial charge in [0.2, 0.25) is 0 Å². The van der Waals surface area contributed by atoms with Gasteiger partial charge in [0.25, 0.3) is 0 Å². The van der Waals surface area contributed by atoms with E-state index in [0.29, 0.717) is 5.92 Å². The van der Waals surface area contributed by atoms with E-state index in [1.54, 1.807) is 0 Å². The van der Waals surface area contributed by atoms with E-state index in [-0.39, 0.29) is 18.1 Å². The van der Waals surface area contributed by atoms with Crippen molar-refractivity contribution in [3.05, 3.63) is 23.3 Å². The Morgan fingerprint density at radius 2 is 2.18 bits per heavy atom. The molecule has 0 bridgehead atoms. The molecule has 2 nitrogen and oxygen atoms in total. The van der Waals surface area contributed by atoms with Gasteiger partial charge in [-0.2, -0.15) is 0 Å². The SMILES string of the molecule is C=C(CO)C1CC[C@]2(C)C(=C(C)CC[C@H]2O)C1. The van der Waals surface area contributed by atoms with Gasteiger partial charge in [-0.05, 0) is 50.5 Å². The van der Waals surface area contributed by atoms with E-state index in [0.717, 1.165) is 37.7 Å². The van der Waals surface area contributed by atoms with Gasteiger partial charge >= 0.3 is 0 Å². The molecule has 17 heavy (non-hydrogen) atoms. The first-order valence-electron chi connectivity index (χ1n) is 6.64. The first-order chi connectivity index (χ1) is 7.99. The van der Waals surface area contributed by atoms with E-state index >= 15 is 0 Å². The lowest BCUT2D eigenvalue weighted by atomic mass is 9.59. The molecule has 0 radical (unpaired) electrons. The van der Waals surface area contributed by atoms with Crippen molar-refractivity contribution in [3.8, 4) is 0 Å². The monoisotopic (exact) mass is 236 g/mol. The molecule has 2 heteroatoms. The second-order valence-electron chi connectivity index (χ2n) is 5.99. The fourth-order valence-electron chi connectivity index (χ4n) is 3.54. The molecule has 0 amide bonds. The quantitative estimate of drug-likeness (QED) is 0.724. The van der Waals surface area contributed by atoms with Gasteiger partial charge < -0.3 is 10.2 Å². The van der Waals surface area contributed by atoms with Crippen LogP contribution >= 0.6 is 0 Å². The van der Waals surface area contributed by atoms with Crippen molar-refractivity contribution < 1.29 is 10.2 Å². The molecule has 1 unspecified atom stereocenters. The number of aliphatic hydroxyl groups excluding tert-OH is 2. The third-order valence-electron chi connectivity index (χ3n) is 4.98. The lowest BCUT2D eigenvalue weighted by molar-refractivity contribution is 0.0234. The summed E-state index contributed by atoms with van der Waals surface area (Å²) >= 11 is 0. The fraction of sp³-hybridized carbons (Fsp3) is 0.733. The Morgan fingerprint density at radius 3 is 2.82 bits per heavy atom. The fourth-order valence-corrected chi connectivity index (χ4v) is 3.54. The van der Waals surface area contributed by atoms with Gasteiger partial charge in [0.1, 0.15) is 0 Å². The van der Waals surface area contributed by atoms with Crippen LogP contribution in [-0.2, 0) is 0 Å². The Hall–Kier alpha value is -0.600. The van der Waals surface area contributed by atoms with E-state index in [2.05, 4.69) is 20.4 Å². The molecule has 0 spiro atoms. The summed E-state index contributed by atoms with van der Waals surface area (Å²) < 4.78 is 0. The van der Waals surface area contributed by atoms with Crippen molar-refractivity contribution in [1.82, 2.24) is 0 Å². The van der Waals surface area contributed by atoms with Gasteiger partial charge in [-0.25, -0.2) is 0 Å². The van der Waals surface area contributed by atoms with E-state index in [1.165, 1.54) is 11.1 Å². The van der Waals surface area contributed by atoms with Crippen molar-refractivity contribution in [2.24, 2.45) is 11.3 Å². The van der Waals surface area contributed by atoms with Gasteiger partial charge in [0.05, 0.1) is 12.7 Å². The van der Waals surface area contributed by atoms with Crippen LogP contribution in [-0.4, -0.2) is 22.9 Å². The summed E-state index contributed by atoms with van der Waals surface area (Å²) in [5.74, 6) is 0.406. The summed E-state index contributed by atoms with van der Waals surface area (Å²) in [5.41, 5.74) is 3.82. The third-order valence-corrected chi connectivity index (χ3v) is 4.98. The van der Waals surface area contributed by atoms with Gasteiger partial charge in [0.15, 0.2) is 0 Å². The lowest BCUT2D eigenvalue weighted by Crippen LogP contribution is -2.41. The van der Waals surface area contributed by atoms with Gasteiger partial charge in [-0.3, -0.25) is 0 Å². The summed E-state index contributed by atoms with van der Waals surface area (Å²) in [4.78, 5) is 0. The van der Waals surface area contributed by atoms with Crippen LogP contribution in [0.15, 0.2) is 23.3 Å². The Kier molecular flexibility index (Phi) is 3.46. The minimum Gasteiger partial charge on any atom is -0.392 e. The highest BCUT2D eigenvalue weighted by atomic mass is 16.3. The molecular weight excluding hydrogens is 212 g/mol. The molecular formula is C15H24O2. The Bertz CT molecular complexity index is 356. The third kappa shape index (κ3) is 2.09. The highest BCUT2D eigenvalue weighted by Gasteiger charge is 2.44. The van der Waals surface area contributed by atoms with E-state index in [1.807, 2.05) is 0 Å². The lowest BCUT2D eigenvalue weighted by Gasteiger charge is -2.47. The molecule has 2 rings (SSSR count). The number of allylic oxidation sites excluding steroid dienone is 1. The summed E-state index contributed by atoms with van der Waals surface area (Å²) in [6.45, 7) is 8.46. The molecule has 2 N–H and O–H groups in total. The molecule has 1 fully saturated rings. The zero-order valence-electron chi connectivity index (χ0n) is 11.0. The van der Waals surface area contributed by atoms with Gasteiger partial charge in [-0.15, -0.1) is 0 Å². The second-order valence-corrected chi connectivity index (χ2v) is 5.99. The van der Waals surface area contributed by atoms with Crippen LogP contribution in [0, 0.1) is 11.3 Å². The summed E-state index contributed by atoms with van der Waals surface area (Å²) in [6, 6.07) is 0. The summed E-state index contributed by atoms with van der Waals surface area (Å²) in [5, 5.41) is 19.5. The van der Waals surface area contributed by atoms with E-state index in [4.69, 9.17) is 0 Å². The number of fused-ring (bicyclic) bond motifs is 1. The Labute approximate surface area is 104 Å². The summed E-state index contributed by atoms with van der Waals surface area (Å²) in [7, 11) is 0. The molecule has 1 saturated carbocycles. The zero-order chi connectivity index (χ0) is 12.6. The highest BCUT2D eigenvalue weighted by Crippen LogP contribution is 2.52. The summed E-state index contributed by atoms with van der Waals surface area (Å²) in [6.07, 6.45) is 4.78. The molecule has 0 aromatic rings. The largest absolute Gasteiger partial charge is 0.392 e. The normalized spacial score (nSPS) is 37.9. The van der Waals surface area contributed by atoms with E-state index < -0.39 is 0 Å². The molecule has 2 aliphatic carbocycles. The maximum atomic E-state index is 10.3. The van der Waals surface area contributed by atoms with Crippen molar-refractivity contribution in [2.75, 3.05) is 6.61 Å². The minimum absolute atomic E-state index is 0.0193. The first-order valence-corrected chi connectivity index (χ1v) is 6.64. The van der Waals surface area contributed by atoms with Crippen LogP contribution in [0.4, 0.5) is 0 Å². The maximum absolute atomic E-state index is 10.3. The predicted octanol–water partition coefficient (Wildman–Crippen LogP) is 2.81. The number of aliphatic hydroxyl groups is 2. The van der Waals surface area contributed by atoms with Crippen LogP contribution in [0.5, 0.6) is 0 Å². The predicted molar refractivity (Wildman–Crippen MR) is 69.6 cm³/mol. The second kappa shape index (κ2) is 4.58.